The second-order valence-electron chi connectivity index (χ2n) is 9.21. The number of rotatable bonds is 11. The summed E-state index contributed by atoms with van der Waals surface area (Å²) in [7, 11) is 0. The molecule has 1 N–H and O–H groups in total. The summed E-state index contributed by atoms with van der Waals surface area (Å²) in [6, 6.07) is 0.326. The van der Waals surface area contributed by atoms with E-state index in [1.807, 2.05) is 25.7 Å². The molecule has 0 aromatic rings. The monoisotopic (exact) mass is 383 g/mol. The van der Waals surface area contributed by atoms with Crippen molar-refractivity contribution >= 4 is 12.1 Å². The van der Waals surface area contributed by atoms with Gasteiger partial charge in [-0.1, -0.05) is 39.0 Å². The van der Waals surface area contributed by atoms with E-state index in [-0.39, 0.29) is 12.5 Å². The summed E-state index contributed by atoms with van der Waals surface area (Å²) in [6.45, 7) is 8.86. The van der Waals surface area contributed by atoms with Crippen molar-refractivity contribution in [2.75, 3.05) is 6.54 Å². The standard InChI is InChI=1S/C22H41NO4/c1-18-13-15-19(16-14-18)23(21(26)27-22(2,3)4)17-11-9-7-5-6-8-10-12-20(24)25/h18-19H,5-17H2,1-4H3,(H,24,25). The first-order valence-corrected chi connectivity index (χ1v) is 10.9. The van der Waals surface area contributed by atoms with Crippen LogP contribution in [0, 0.1) is 5.92 Å². The third kappa shape index (κ3) is 11.2. The van der Waals surface area contributed by atoms with E-state index in [0.29, 0.717) is 6.04 Å². The largest absolute Gasteiger partial charge is 0.481 e. The van der Waals surface area contributed by atoms with Gasteiger partial charge in [-0.05, 0) is 65.2 Å². The second-order valence-corrected chi connectivity index (χ2v) is 9.21. The van der Waals surface area contributed by atoms with Crippen molar-refractivity contribution in [3.05, 3.63) is 0 Å². The topological polar surface area (TPSA) is 66.8 Å². The van der Waals surface area contributed by atoms with Gasteiger partial charge in [0.1, 0.15) is 5.60 Å². The SMILES string of the molecule is CC1CCC(N(CCCCCCCCCC(=O)O)C(=O)OC(C)(C)C)CC1. The first kappa shape index (κ1) is 23.8. The fourth-order valence-electron chi connectivity index (χ4n) is 3.74. The number of nitrogens with zero attached hydrogens (tertiary/aromatic N) is 1. The molecule has 0 saturated heterocycles. The Morgan fingerprint density at radius 1 is 0.926 bits per heavy atom. The van der Waals surface area contributed by atoms with Crippen LogP contribution in [-0.2, 0) is 9.53 Å². The molecule has 1 rings (SSSR count). The number of carboxylic acid groups (broad SMARTS) is 1. The molecule has 27 heavy (non-hydrogen) atoms. The van der Waals surface area contributed by atoms with Crippen molar-refractivity contribution in [3.63, 3.8) is 0 Å². The smallest absolute Gasteiger partial charge is 0.410 e. The van der Waals surface area contributed by atoms with Gasteiger partial charge < -0.3 is 14.7 Å². The van der Waals surface area contributed by atoms with Gasteiger partial charge in [0.15, 0.2) is 0 Å². The quantitative estimate of drug-likeness (QED) is 0.444. The van der Waals surface area contributed by atoms with E-state index in [2.05, 4.69) is 6.92 Å². The molecule has 158 valence electrons. The number of carboxylic acids is 1. The number of unbranched alkanes of at least 4 members (excludes halogenated alkanes) is 6. The van der Waals surface area contributed by atoms with Crippen LogP contribution in [0.25, 0.3) is 0 Å². The Morgan fingerprint density at radius 3 is 1.96 bits per heavy atom. The lowest BCUT2D eigenvalue weighted by molar-refractivity contribution is -0.137. The minimum atomic E-state index is -0.700. The van der Waals surface area contributed by atoms with E-state index in [4.69, 9.17) is 9.84 Å². The fourth-order valence-corrected chi connectivity index (χ4v) is 3.74. The van der Waals surface area contributed by atoms with Gasteiger partial charge >= 0.3 is 12.1 Å². The van der Waals surface area contributed by atoms with Crippen LogP contribution in [0.4, 0.5) is 4.79 Å². The predicted octanol–water partition coefficient (Wildman–Crippen LogP) is 6.01. The molecule has 0 spiro atoms. The van der Waals surface area contributed by atoms with Crippen molar-refractivity contribution in [1.29, 1.82) is 0 Å². The van der Waals surface area contributed by atoms with Gasteiger partial charge in [0.25, 0.3) is 0 Å². The van der Waals surface area contributed by atoms with Crippen molar-refractivity contribution < 1.29 is 19.4 Å². The average molecular weight is 384 g/mol. The molecule has 1 aliphatic carbocycles. The van der Waals surface area contributed by atoms with Crippen LogP contribution in [0.15, 0.2) is 0 Å². The number of amides is 1. The van der Waals surface area contributed by atoms with Crippen LogP contribution in [0.5, 0.6) is 0 Å². The highest BCUT2D eigenvalue weighted by molar-refractivity contribution is 5.68. The van der Waals surface area contributed by atoms with E-state index >= 15 is 0 Å². The Bertz CT molecular complexity index is 436. The Kier molecular flexibility index (Phi) is 10.8. The van der Waals surface area contributed by atoms with Gasteiger partial charge in [-0.25, -0.2) is 4.79 Å². The maximum Gasteiger partial charge on any atom is 0.410 e. The van der Waals surface area contributed by atoms with E-state index < -0.39 is 11.6 Å². The summed E-state index contributed by atoms with van der Waals surface area (Å²) in [5.74, 6) is 0.0669. The van der Waals surface area contributed by atoms with Crippen molar-refractivity contribution in [2.24, 2.45) is 5.92 Å². The van der Waals surface area contributed by atoms with Crippen LogP contribution in [0.1, 0.15) is 105 Å². The maximum absolute atomic E-state index is 12.7. The number of carbonyl (C=O) groups excluding carboxylic acids is 1. The molecule has 0 unspecified atom stereocenters. The van der Waals surface area contributed by atoms with Gasteiger partial charge in [0.05, 0.1) is 0 Å². The summed E-state index contributed by atoms with van der Waals surface area (Å²) in [4.78, 5) is 25.2. The molecule has 0 heterocycles. The number of hydrogen-bond acceptors (Lipinski definition) is 3. The normalized spacial score (nSPS) is 20.3. The highest BCUT2D eigenvalue weighted by atomic mass is 16.6. The van der Waals surface area contributed by atoms with E-state index in [0.717, 1.165) is 70.3 Å². The van der Waals surface area contributed by atoms with Crippen LogP contribution in [0.3, 0.4) is 0 Å². The molecule has 1 fully saturated rings. The molecule has 1 amide bonds. The van der Waals surface area contributed by atoms with E-state index in [9.17, 15) is 9.59 Å². The highest BCUT2D eigenvalue weighted by Crippen LogP contribution is 2.28. The summed E-state index contributed by atoms with van der Waals surface area (Å²) in [6.07, 6.45) is 12.0. The number of hydrogen-bond donors (Lipinski definition) is 1. The van der Waals surface area contributed by atoms with Crippen molar-refractivity contribution in [2.45, 2.75) is 116 Å². The molecule has 1 aliphatic rings. The van der Waals surface area contributed by atoms with Crippen molar-refractivity contribution in [3.8, 4) is 0 Å². The molecule has 5 heteroatoms. The van der Waals surface area contributed by atoms with Crippen molar-refractivity contribution in [1.82, 2.24) is 4.90 Å². The lowest BCUT2D eigenvalue weighted by atomic mass is 9.86. The second kappa shape index (κ2) is 12.2. The minimum absolute atomic E-state index is 0.157. The summed E-state index contributed by atoms with van der Waals surface area (Å²) >= 11 is 0. The minimum Gasteiger partial charge on any atom is -0.481 e. The van der Waals surface area contributed by atoms with Gasteiger partial charge in [-0.3, -0.25) is 4.79 Å². The predicted molar refractivity (Wildman–Crippen MR) is 109 cm³/mol. The number of aliphatic carboxylic acids is 1. The number of carbonyl (C=O) groups is 2. The van der Waals surface area contributed by atoms with E-state index in [1.54, 1.807) is 0 Å². The molecule has 0 bridgehead atoms. The Hall–Kier alpha value is -1.26. The Labute approximate surface area is 165 Å². The third-order valence-electron chi connectivity index (χ3n) is 5.34. The van der Waals surface area contributed by atoms with E-state index in [1.165, 1.54) is 12.8 Å². The van der Waals surface area contributed by atoms with Crippen LogP contribution < -0.4 is 0 Å². The Balaban J connectivity index is 2.32. The molecule has 0 aromatic heterocycles. The summed E-state index contributed by atoms with van der Waals surface area (Å²) in [5.41, 5.74) is -0.451. The molecule has 0 radical (unpaired) electrons. The van der Waals surface area contributed by atoms with Gasteiger partial charge in [0.2, 0.25) is 0 Å². The highest BCUT2D eigenvalue weighted by Gasteiger charge is 2.30. The van der Waals surface area contributed by atoms with Crippen LogP contribution >= 0.6 is 0 Å². The zero-order valence-electron chi connectivity index (χ0n) is 18.0. The molecule has 0 aliphatic heterocycles. The van der Waals surface area contributed by atoms with Gasteiger partial charge in [-0.15, -0.1) is 0 Å². The fraction of sp³-hybridized carbons (Fsp3) is 0.909. The first-order chi connectivity index (χ1) is 12.7. The first-order valence-electron chi connectivity index (χ1n) is 10.9. The summed E-state index contributed by atoms with van der Waals surface area (Å²) in [5, 5.41) is 8.63. The lowest BCUT2D eigenvalue weighted by Gasteiger charge is -2.37. The molecule has 0 atom stereocenters. The zero-order chi connectivity index (χ0) is 20.3. The average Bonchev–Trinajstić information content (AvgIpc) is 2.56. The molecule has 0 aromatic carbocycles. The summed E-state index contributed by atoms with van der Waals surface area (Å²) < 4.78 is 5.66. The third-order valence-corrected chi connectivity index (χ3v) is 5.34. The molecular formula is C22H41NO4. The maximum atomic E-state index is 12.7. The zero-order valence-corrected chi connectivity index (χ0v) is 18.0. The molecule has 1 saturated carbocycles. The Morgan fingerprint density at radius 2 is 1.44 bits per heavy atom. The number of ether oxygens (including phenoxy) is 1. The molecular weight excluding hydrogens is 342 g/mol. The van der Waals surface area contributed by atoms with Crippen LogP contribution in [-0.4, -0.2) is 40.3 Å². The lowest BCUT2D eigenvalue weighted by Crippen LogP contribution is -2.45. The van der Waals surface area contributed by atoms with Crippen LogP contribution in [0.2, 0.25) is 0 Å². The molecule has 5 nitrogen and oxygen atoms in total. The van der Waals surface area contributed by atoms with Gasteiger partial charge in [-0.2, -0.15) is 0 Å². The van der Waals surface area contributed by atoms with Gasteiger partial charge in [0, 0.05) is 19.0 Å².